The Hall–Kier alpha value is -1.39. The first-order chi connectivity index (χ1) is 9.96. The van der Waals surface area contributed by atoms with E-state index in [1.165, 1.54) is 19.0 Å². The number of carbonyl (C=O) groups excluding carboxylic acids is 1. The van der Waals surface area contributed by atoms with E-state index < -0.39 is 0 Å². The number of nitrogens with one attached hydrogen (secondary N) is 2. The molecule has 2 aliphatic rings. The lowest BCUT2D eigenvalue weighted by molar-refractivity contribution is -0.114. The monoisotopic (exact) mass is 287 g/mol. The minimum absolute atomic E-state index is 0.0243. The second-order valence-corrected chi connectivity index (χ2v) is 6.94. The molecule has 4 heteroatoms. The quantitative estimate of drug-likeness (QED) is 0.894. The van der Waals surface area contributed by atoms with Crippen LogP contribution in [0.15, 0.2) is 24.3 Å². The zero-order valence-electron chi connectivity index (χ0n) is 13.1. The Morgan fingerprint density at radius 3 is 2.67 bits per heavy atom. The van der Waals surface area contributed by atoms with Gasteiger partial charge in [0.25, 0.3) is 0 Å². The first-order valence-corrected chi connectivity index (χ1v) is 7.79. The third kappa shape index (κ3) is 2.83. The molecule has 0 bridgehead atoms. The molecule has 2 fully saturated rings. The number of carbonyl (C=O) groups is 1. The second kappa shape index (κ2) is 5.43. The van der Waals surface area contributed by atoms with Crippen LogP contribution in [-0.2, 0) is 11.3 Å². The molecule has 3 rings (SSSR count). The summed E-state index contributed by atoms with van der Waals surface area (Å²) in [7, 11) is 0. The van der Waals surface area contributed by atoms with E-state index in [1.54, 1.807) is 0 Å². The molecule has 1 aromatic rings. The highest BCUT2D eigenvalue weighted by molar-refractivity contribution is 5.88. The van der Waals surface area contributed by atoms with Crippen molar-refractivity contribution in [2.24, 2.45) is 11.8 Å². The summed E-state index contributed by atoms with van der Waals surface area (Å²) in [6, 6.07) is 8.21. The number of fused-ring (bicyclic) bond motifs is 1. The van der Waals surface area contributed by atoms with Gasteiger partial charge in [0, 0.05) is 37.8 Å². The highest BCUT2D eigenvalue weighted by Crippen LogP contribution is 2.41. The first kappa shape index (κ1) is 14.5. The highest BCUT2D eigenvalue weighted by Gasteiger charge is 2.49. The van der Waals surface area contributed by atoms with Crippen LogP contribution >= 0.6 is 0 Å². The molecule has 0 radical (unpaired) electrons. The number of amides is 1. The van der Waals surface area contributed by atoms with E-state index in [0.29, 0.717) is 0 Å². The zero-order valence-corrected chi connectivity index (χ0v) is 13.1. The van der Waals surface area contributed by atoms with Crippen LogP contribution in [-0.4, -0.2) is 36.0 Å². The van der Waals surface area contributed by atoms with Crippen molar-refractivity contribution in [1.29, 1.82) is 0 Å². The molecule has 2 unspecified atom stereocenters. The van der Waals surface area contributed by atoms with Gasteiger partial charge in [0.1, 0.15) is 0 Å². The topological polar surface area (TPSA) is 44.4 Å². The van der Waals surface area contributed by atoms with Crippen molar-refractivity contribution < 1.29 is 4.79 Å². The van der Waals surface area contributed by atoms with Crippen molar-refractivity contribution in [3.05, 3.63) is 29.8 Å². The number of anilines is 1. The third-order valence-corrected chi connectivity index (χ3v) is 5.16. The SMILES string of the molecule is CC(=O)Nc1ccc(CN2CC3CNCC3C2(C)C)cc1. The van der Waals surface area contributed by atoms with Crippen LogP contribution in [0.4, 0.5) is 5.69 Å². The van der Waals surface area contributed by atoms with Crippen LogP contribution in [0, 0.1) is 11.8 Å². The first-order valence-electron chi connectivity index (χ1n) is 7.79. The van der Waals surface area contributed by atoms with Gasteiger partial charge in [0.05, 0.1) is 0 Å². The molecule has 2 saturated heterocycles. The van der Waals surface area contributed by atoms with Crippen molar-refractivity contribution in [3.8, 4) is 0 Å². The summed E-state index contributed by atoms with van der Waals surface area (Å²) < 4.78 is 0. The molecular weight excluding hydrogens is 262 g/mol. The molecule has 1 amide bonds. The molecule has 2 heterocycles. The molecule has 21 heavy (non-hydrogen) atoms. The second-order valence-electron chi connectivity index (χ2n) is 6.94. The lowest BCUT2D eigenvalue weighted by atomic mass is 9.85. The Kier molecular flexibility index (Phi) is 3.76. The van der Waals surface area contributed by atoms with Gasteiger partial charge in [-0.2, -0.15) is 0 Å². The van der Waals surface area contributed by atoms with E-state index in [0.717, 1.165) is 37.2 Å². The minimum Gasteiger partial charge on any atom is -0.326 e. The number of benzene rings is 1. The van der Waals surface area contributed by atoms with Gasteiger partial charge in [-0.25, -0.2) is 0 Å². The summed E-state index contributed by atoms with van der Waals surface area (Å²) in [5.74, 6) is 1.53. The van der Waals surface area contributed by atoms with E-state index in [4.69, 9.17) is 0 Å². The van der Waals surface area contributed by atoms with Crippen molar-refractivity contribution >= 4 is 11.6 Å². The average molecular weight is 287 g/mol. The summed E-state index contributed by atoms with van der Waals surface area (Å²) >= 11 is 0. The summed E-state index contributed by atoms with van der Waals surface area (Å²) in [4.78, 5) is 13.7. The fraction of sp³-hybridized carbons (Fsp3) is 0.588. The van der Waals surface area contributed by atoms with Crippen LogP contribution in [0.5, 0.6) is 0 Å². The number of hydrogen-bond acceptors (Lipinski definition) is 3. The van der Waals surface area contributed by atoms with E-state index in [9.17, 15) is 4.79 Å². The Morgan fingerprint density at radius 1 is 1.33 bits per heavy atom. The fourth-order valence-corrected chi connectivity index (χ4v) is 3.89. The standard InChI is InChI=1S/C17H25N3O/c1-12(21)19-15-6-4-13(5-7-15)10-20-11-14-8-18-9-16(14)17(20,2)3/h4-7,14,16,18H,8-11H2,1-3H3,(H,19,21). The van der Waals surface area contributed by atoms with E-state index in [1.807, 2.05) is 12.1 Å². The lowest BCUT2D eigenvalue weighted by Crippen LogP contribution is -2.43. The molecule has 114 valence electrons. The van der Waals surface area contributed by atoms with Gasteiger partial charge >= 0.3 is 0 Å². The maximum absolute atomic E-state index is 11.0. The van der Waals surface area contributed by atoms with E-state index >= 15 is 0 Å². The zero-order chi connectivity index (χ0) is 15.0. The van der Waals surface area contributed by atoms with Crippen molar-refractivity contribution in [2.45, 2.75) is 32.9 Å². The number of hydrogen-bond donors (Lipinski definition) is 2. The fourth-order valence-electron chi connectivity index (χ4n) is 3.89. The van der Waals surface area contributed by atoms with Crippen molar-refractivity contribution in [2.75, 3.05) is 25.0 Å². The summed E-state index contributed by atoms with van der Waals surface area (Å²) in [5.41, 5.74) is 2.43. The van der Waals surface area contributed by atoms with Crippen molar-refractivity contribution in [1.82, 2.24) is 10.2 Å². The molecule has 2 atom stereocenters. The van der Waals surface area contributed by atoms with Gasteiger partial charge < -0.3 is 10.6 Å². The van der Waals surface area contributed by atoms with Crippen LogP contribution < -0.4 is 10.6 Å². The molecule has 0 saturated carbocycles. The van der Waals surface area contributed by atoms with Crippen molar-refractivity contribution in [3.63, 3.8) is 0 Å². The number of likely N-dealkylation sites (tertiary alicyclic amines) is 1. The van der Waals surface area contributed by atoms with Crippen LogP contribution in [0.25, 0.3) is 0 Å². The molecular formula is C17H25N3O. The minimum atomic E-state index is -0.0243. The predicted octanol–water partition coefficient (Wildman–Crippen LogP) is 2.07. The molecule has 0 spiro atoms. The highest BCUT2D eigenvalue weighted by atomic mass is 16.1. The van der Waals surface area contributed by atoms with E-state index in [2.05, 4.69) is 41.5 Å². The van der Waals surface area contributed by atoms with Crippen LogP contribution in [0.3, 0.4) is 0 Å². The third-order valence-electron chi connectivity index (χ3n) is 5.16. The molecule has 1 aromatic carbocycles. The number of nitrogens with zero attached hydrogens (tertiary/aromatic N) is 1. The molecule has 2 N–H and O–H groups in total. The van der Waals surface area contributed by atoms with Gasteiger partial charge in [-0.05, 0) is 49.9 Å². The molecule has 0 aliphatic carbocycles. The largest absolute Gasteiger partial charge is 0.326 e. The molecule has 4 nitrogen and oxygen atoms in total. The number of rotatable bonds is 3. The van der Waals surface area contributed by atoms with Gasteiger partial charge in [0.15, 0.2) is 0 Å². The Morgan fingerprint density at radius 2 is 2.05 bits per heavy atom. The van der Waals surface area contributed by atoms with Gasteiger partial charge in [0.2, 0.25) is 5.91 Å². The Labute approximate surface area is 126 Å². The predicted molar refractivity (Wildman–Crippen MR) is 85.1 cm³/mol. The van der Waals surface area contributed by atoms with Gasteiger partial charge in [-0.3, -0.25) is 9.69 Å². The molecule has 0 aromatic heterocycles. The summed E-state index contributed by atoms with van der Waals surface area (Å²) in [6.45, 7) is 10.8. The van der Waals surface area contributed by atoms with Gasteiger partial charge in [-0.15, -0.1) is 0 Å². The maximum atomic E-state index is 11.0. The summed E-state index contributed by atoms with van der Waals surface area (Å²) in [5, 5.41) is 6.34. The summed E-state index contributed by atoms with van der Waals surface area (Å²) in [6.07, 6.45) is 0. The van der Waals surface area contributed by atoms with E-state index in [-0.39, 0.29) is 11.4 Å². The van der Waals surface area contributed by atoms with Crippen LogP contribution in [0.2, 0.25) is 0 Å². The Bertz CT molecular complexity index is 523. The van der Waals surface area contributed by atoms with Crippen LogP contribution in [0.1, 0.15) is 26.3 Å². The smallest absolute Gasteiger partial charge is 0.221 e. The average Bonchev–Trinajstić information content (AvgIpc) is 2.95. The lowest BCUT2D eigenvalue weighted by Gasteiger charge is -2.35. The Balaban J connectivity index is 1.68. The molecule has 2 aliphatic heterocycles. The normalized spacial score (nSPS) is 27.6. The van der Waals surface area contributed by atoms with Gasteiger partial charge in [-0.1, -0.05) is 12.1 Å². The maximum Gasteiger partial charge on any atom is 0.221 e.